The number of hydrogen-bond acceptors (Lipinski definition) is 5. The van der Waals surface area contributed by atoms with Gasteiger partial charge in [0, 0.05) is 19.3 Å². The number of hydrogen-bond donors (Lipinski definition) is 0. The fourth-order valence-electron chi connectivity index (χ4n) is 2.63. The molecule has 2 aromatic heterocycles. The third-order valence-corrected chi connectivity index (χ3v) is 3.73. The van der Waals surface area contributed by atoms with Gasteiger partial charge < -0.3 is 4.90 Å². The molecule has 1 fully saturated rings. The minimum Gasteiger partial charge on any atom is -0.354 e. The van der Waals surface area contributed by atoms with E-state index in [0.29, 0.717) is 11.6 Å². The van der Waals surface area contributed by atoms with Gasteiger partial charge in [-0.05, 0) is 31.9 Å². The molecular formula is C14H16N6. The van der Waals surface area contributed by atoms with E-state index in [1.807, 2.05) is 29.9 Å². The van der Waals surface area contributed by atoms with Crippen LogP contribution in [-0.2, 0) is 0 Å². The van der Waals surface area contributed by atoms with Crippen LogP contribution < -0.4 is 4.90 Å². The minimum absolute atomic E-state index is 0.337. The first kappa shape index (κ1) is 12.6. The summed E-state index contributed by atoms with van der Waals surface area (Å²) in [6.45, 7) is 3.74. The second kappa shape index (κ2) is 5.29. The van der Waals surface area contributed by atoms with Gasteiger partial charge in [-0.2, -0.15) is 5.26 Å². The van der Waals surface area contributed by atoms with Gasteiger partial charge in [0.25, 0.3) is 0 Å². The number of aryl methyl sites for hydroxylation is 1. The Kier molecular flexibility index (Phi) is 3.33. The quantitative estimate of drug-likeness (QED) is 0.829. The average molecular weight is 268 g/mol. The molecule has 0 N–H and O–H groups in total. The van der Waals surface area contributed by atoms with E-state index in [-0.39, 0.29) is 0 Å². The number of aromatic nitrogens is 4. The molecular weight excluding hydrogens is 252 g/mol. The Hall–Kier alpha value is -2.42. The van der Waals surface area contributed by atoms with Crippen LogP contribution in [0, 0.1) is 18.3 Å². The second-order valence-corrected chi connectivity index (χ2v) is 5.04. The van der Waals surface area contributed by atoms with Crippen molar-refractivity contribution in [2.45, 2.75) is 25.8 Å². The summed E-state index contributed by atoms with van der Waals surface area (Å²) >= 11 is 0. The van der Waals surface area contributed by atoms with Crippen molar-refractivity contribution in [3.05, 3.63) is 35.8 Å². The fourth-order valence-corrected chi connectivity index (χ4v) is 2.63. The lowest BCUT2D eigenvalue weighted by molar-refractivity contribution is 0.368. The molecule has 0 aliphatic carbocycles. The zero-order valence-corrected chi connectivity index (χ0v) is 11.4. The van der Waals surface area contributed by atoms with Gasteiger partial charge >= 0.3 is 0 Å². The minimum atomic E-state index is 0.337. The van der Waals surface area contributed by atoms with Crippen LogP contribution in [0.4, 0.5) is 5.82 Å². The van der Waals surface area contributed by atoms with Gasteiger partial charge in [0.1, 0.15) is 11.9 Å². The number of rotatable bonds is 2. The molecule has 0 spiro atoms. The lowest BCUT2D eigenvalue weighted by Crippen LogP contribution is -2.37. The van der Waals surface area contributed by atoms with E-state index in [4.69, 9.17) is 5.26 Å². The fraction of sp³-hybridized carbons (Fsp3) is 0.429. The van der Waals surface area contributed by atoms with Gasteiger partial charge in [-0.1, -0.05) is 5.21 Å². The van der Waals surface area contributed by atoms with Gasteiger partial charge in [0.2, 0.25) is 0 Å². The zero-order valence-electron chi connectivity index (χ0n) is 11.4. The molecule has 2 aromatic rings. The highest BCUT2D eigenvalue weighted by Crippen LogP contribution is 2.25. The molecule has 0 radical (unpaired) electrons. The monoisotopic (exact) mass is 268 g/mol. The molecule has 0 amide bonds. The molecule has 1 atom stereocenters. The van der Waals surface area contributed by atoms with Crippen LogP contribution in [-0.4, -0.2) is 33.1 Å². The van der Waals surface area contributed by atoms with Gasteiger partial charge in [-0.25, -0.2) is 9.67 Å². The van der Waals surface area contributed by atoms with Gasteiger partial charge in [-0.3, -0.25) is 0 Å². The molecule has 3 rings (SSSR count). The summed E-state index contributed by atoms with van der Waals surface area (Å²) in [5.74, 6) is 0.936. The molecule has 3 heterocycles. The van der Waals surface area contributed by atoms with Crippen LogP contribution in [0.2, 0.25) is 0 Å². The van der Waals surface area contributed by atoms with Crippen molar-refractivity contribution in [3.8, 4) is 6.07 Å². The highest BCUT2D eigenvalue weighted by Gasteiger charge is 2.22. The molecule has 1 saturated heterocycles. The Morgan fingerprint density at radius 1 is 1.40 bits per heavy atom. The summed E-state index contributed by atoms with van der Waals surface area (Å²) in [5.41, 5.74) is 1.42. The molecule has 1 aliphatic rings. The Morgan fingerprint density at radius 2 is 2.30 bits per heavy atom. The summed E-state index contributed by atoms with van der Waals surface area (Å²) < 4.78 is 1.92. The Balaban J connectivity index is 1.80. The Labute approximate surface area is 117 Å². The molecule has 102 valence electrons. The second-order valence-electron chi connectivity index (χ2n) is 5.04. The van der Waals surface area contributed by atoms with Crippen molar-refractivity contribution in [1.29, 1.82) is 5.26 Å². The van der Waals surface area contributed by atoms with Crippen molar-refractivity contribution in [3.63, 3.8) is 0 Å². The number of pyridine rings is 1. The molecule has 1 aliphatic heterocycles. The van der Waals surface area contributed by atoms with Crippen molar-refractivity contribution in [2.75, 3.05) is 18.0 Å². The van der Waals surface area contributed by atoms with E-state index in [9.17, 15) is 0 Å². The SMILES string of the molecule is Cc1nc(N2CCCC(n3ccnn3)C2)ccc1C#N. The predicted octanol–water partition coefficient (Wildman–Crippen LogP) is 1.69. The lowest BCUT2D eigenvalue weighted by Gasteiger charge is -2.33. The van der Waals surface area contributed by atoms with Crippen LogP contribution in [0.5, 0.6) is 0 Å². The number of anilines is 1. The van der Waals surface area contributed by atoms with Gasteiger partial charge in [-0.15, -0.1) is 5.10 Å². The predicted molar refractivity (Wildman–Crippen MR) is 74.2 cm³/mol. The van der Waals surface area contributed by atoms with Crippen LogP contribution >= 0.6 is 0 Å². The topological polar surface area (TPSA) is 70.6 Å². The van der Waals surface area contributed by atoms with E-state index >= 15 is 0 Å². The average Bonchev–Trinajstić information content (AvgIpc) is 3.01. The van der Waals surface area contributed by atoms with Crippen molar-refractivity contribution in [1.82, 2.24) is 20.0 Å². The Bertz CT molecular complexity index is 628. The van der Waals surface area contributed by atoms with Crippen LogP contribution in [0.25, 0.3) is 0 Å². The van der Waals surface area contributed by atoms with E-state index < -0.39 is 0 Å². The first-order valence-electron chi connectivity index (χ1n) is 6.76. The van der Waals surface area contributed by atoms with E-state index in [2.05, 4.69) is 26.3 Å². The number of nitriles is 1. The largest absolute Gasteiger partial charge is 0.354 e. The molecule has 6 nitrogen and oxygen atoms in total. The molecule has 1 unspecified atom stereocenters. The summed E-state index contributed by atoms with van der Waals surface area (Å²) in [5, 5.41) is 16.9. The van der Waals surface area contributed by atoms with E-state index in [1.165, 1.54) is 0 Å². The van der Waals surface area contributed by atoms with E-state index in [1.54, 1.807) is 6.20 Å². The number of piperidine rings is 1. The highest BCUT2D eigenvalue weighted by atomic mass is 15.4. The normalized spacial score (nSPS) is 18.8. The zero-order chi connectivity index (χ0) is 13.9. The highest BCUT2D eigenvalue weighted by molar-refractivity contribution is 5.45. The number of nitrogens with zero attached hydrogens (tertiary/aromatic N) is 6. The van der Waals surface area contributed by atoms with Crippen molar-refractivity contribution >= 4 is 5.82 Å². The molecule has 0 saturated carbocycles. The third kappa shape index (κ3) is 2.35. The lowest BCUT2D eigenvalue weighted by atomic mass is 10.1. The van der Waals surface area contributed by atoms with E-state index in [0.717, 1.165) is 37.4 Å². The van der Waals surface area contributed by atoms with Gasteiger partial charge in [0.15, 0.2) is 0 Å². The smallest absolute Gasteiger partial charge is 0.128 e. The van der Waals surface area contributed by atoms with Gasteiger partial charge in [0.05, 0.1) is 23.5 Å². The van der Waals surface area contributed by atoms with Crippen LogP contribution in [0.15, 0.2) is 24.5 Å². The summed E-state index contributed by atoms with van der Waals surface area (Å²) in [6.07, 6.45) is 5.83. The summed E-state index contributed by atoms with van der Waals surface area (Å²) in [6, 6.07) is 6.26. The van der Waals surface area contributed by atoms with Crippen molar-refractivity contribution < 1.29 is 0 Å². The molecule has 0 aromatic carbocycles. The standard InChI is InChI=1S/C14H16N6/c1-11-12(9-15)4-5-14(17-11)19-7-2-3-13(10-19)20-8-6-16-18-20/h4-6,8,13H,2-3,7,10H2,1H3. The first-order chi connectivity index (χ1) is 9.78. The molecule has 20 heavy (non-hydrogen) atoms. The van der Waals surface area contributed by atoms with Crippen LogP contribution in [0.3, 0.4) is 0 Å². The Morgan fingerprint density at radius 3 is 3.00 bits per heavy atom. The maximum atomic E-state index is 8.96. The molecule has 0 bridgehead atoms. The maximum absolute atomic E-state index is 8.96. The van der Waals surface area contributed by atoms with Crippen molar-refractivity contribution in [2.24, 2.45) is 0 Å². The van der Waals surface area contributed by atoms with Crippen LogP contribution in [0.1, 0.15) is 30.1 Å². The summed E-state index contributed by atoms with van der Waals surface area (Å²) in [4.78, 5) is 6.80. The maximum Gasteiger partial charge on any atom is 0.128 e. The first-order valence-corrected chi connectivity index (χ1v) is 6.76. The molecule has 6 heteroatoms. The third-order valence-electron chi connectivity index (χ3n) is 3.73. The summed E-state index contributed by atoms with van der Waals surface area (Å²) in [7, 11) is 0.